The van der Waals surface area contributed by atoms with Crippen LogP contribution in [0.4, 0.5) is 0 Å². The molecule has 88 valence electrons. The van der Waals surface area contributed by atoms with Crippen LogP contribution in [0.25, 0.3) is 0 Å². The Bertz CT molecular complexity index is 193. The number of morpholine rings is 1. The van der Waals surface area contributed by atoms with Crippen molar-refractivity contribution >= 4 is 5.91 Å². The van der Waals surface area contributed by atoms with E-state index in [0.29, 0.717) is 19.8 Å². The number of amides is 1. The third-order valence-electron chi connectivity index (χ3n) is 2.57. The summed E-state index contributed by atoms with van der Waals surface area (Å²) in [6.45, 7) is 5.51. The molecule has 1 aliphatic heterocycles. The van der Waals surface area contributed by atoms with E-state index >= 15 is 0 Å². The summed E-state index contributed by atoms with van der Waals surface area (Å²) in [6.07, 6.45) is 1.75. The van der Waals surface area contributed by atoms with Crippen molar-refractivity contribution in [2.24, 2.45) is 11.7 Å². The van der Waals surface area contributed by atoms with Crippen molar-refractivity contribution in [3.8, 4) is 0 Å². The van der Waals surface area contributed by atoms with Gasteiger partial charge in [0.1, 0.15) is 0 Å². The molecule has 0 aromatic rings. The van der Waals surface area contributed by atoms with Crippen LogP contribution in [0.3, 0.4) is 0 Å². The molecule has 0 saturated carbocycles. The fraction of sp³-hybridized carbons (Fsp3) is 0.900. The summed E-state index contributed by atoms with van der Waals surface area (Å²) >= 11 is 0. The molecule has 15 heavy (non-hydrogen) atoms. The second-order valence-corrected chi connectivity index (χ2v) is 3.91. The molecule has 5 heteroatoms. The SMILES string of the molecule is CC(CCCN)C(=O)NN1CCOCC1. The number of hydrogen-bond donors (Lipinski definition) is 2. The molecule has 1 saturated heterocycles. The van der Waals surface area contributed by atoms with Gasteiger partial charge in [-0.1, -0.05) is 6.92 Å². The van der Waals surface area contributed by atoms with Crippen molar-refractivity contribution < 1.29 is 9.53 Å². The second kappa shape index (κ2) is 6.76. The molecule has 0 radical (unpaired) electrons. The minimum Gasteiger partial charge on any atom is -0.379 e. The van der Waals surface area contributed by atoms with Crippen LogP contribution in [-0.4, -0.2) is 43.8 Å². The van der Waals surface area contributed by atoms with Gasteiger partial charge in [0.05, 0.1) is 13.2 Å². The minimum atomic E-state index is 0.0383. The summed E-state index contributed by atoms with van der Waals surface area (Å²) in [5.41, 5.74) is 8.30. The van der Waals surface area contributed by atoms with Crippen molar-refractivity contribution in [2.45, 2.75) is 19.8 Å². The van der Waals surface area contributed by atoms with Gasteiger partial charge < -0.3 is 10.5 Å². The van der Waals surface area contributed by atoms with Gasteiger partial charge in [0.2, 0.25) is 5.91 Å². The molecule has 0 aromatic carbocycles. The van der Waals surface area contributed by atoms with Crippen LogP contribution >= 0.6 is 0 Å². The number of hydrogen-bond acceptors (Lipinski definition) is 4. The molecule has 0 spiro atoms. The molecule has 1 rings (SSSR count). The Morgan fingerprint density at radius 3 is 2.80 bits per heavy atom. The van der Waals surface area contributed by atoms with Crippen LogP contribution in [0.1, 0.15) is 19.8 Å². The quantitative estimate of drug-likeness (QED) is 0.662. The number of nitrogens with zero attached hydrogens (tertiary/aromatic N) is 1. The zero-order chi connectivity index (χ0) is 11.1. The van der Waals surface area contributed by atoms with Crippen LogP contribution in [-0.2, 0) is 9.53 Å². The molecule has 3 N–H and O–H groups in total. The molecule has 0 aliphatic carbocycles. The van der Waals surface area contributed by atoms with Gasteiger partial charge in [-0.05, 0) is 19.4 Å². The molecule has 1 unspecified atom stereocenters. The number of carbonyl (C=O) groups excluding carboxylic acids is 1. The average molecular weight is 215 g/mol. The lowest BCUT2D eigenvalue weighted by molar-refractivity contribution is -0.131. The van der Waals surface area contributed by atoms with Crippen molar-refractivity contribution in [1.82, 2.24) is 10.4 Å². The van der Waals surface area contributed by atoms with E-state index in [1.807, 2.05) is 11.9 Å². The van der Waals surface area contributed by atoms with E-state index in [9.17, 15) is 4.79 Å². The highest BCUT2D eigenvalue weighted by molar-refractivity contribution is 5.77. The van der Waals surface area contributed by atoms with Gasteiger partial charge in [0.25, 0.3) is 0 Å². The Morgan fingerprint density at radius 1 is 1.53 bits per heavy atom. The number of carbonyl (C=O) groups is 1. The average Bonchev–Trinajstić information content (AvgIpc) is 2.27. The number of nitrogens with one attached hydrogen (secondary N) is 1. The maximum absolute atomic E-state index is 11.7. The fourth-order valence-electron chi connectivity index (χ4n) is 1.50. The predicted octanol–water partition coefficient (Wildman–Crippen LogP) is -0.275. The molecule has 0 aromatic heterocycles. The molecule has 5 nitrogen and oxygen atoms in total. The standard InChI is InChI=1S/C10H21N3O2/c1-9(3-2-4-11)10(14)12-13-5-7-15-8-6-13/h9H,2-8,11H2,1H3,(H,12,14). The van der Waals surface area contributed by atoms with Gasteiger partial charge in [0.15, 0.2) is 0 Å². The summed E-state index contributed by atoms with van der Waals surface area (Å²) < 4.78 is 5.20. The smallest absolute Gasteiger partial charge is 0.237 e. The van der Waals surface area contributed by atoms with Crippen LogP contribution in [0.5, 0.6) is 0 Å². The fourth-order valence-corrected chi connectivity index (χ4v) is 1.50. The van der Waals surface area contributed by atoms with Crippen LogP contribution in [0, 0.1) is 5.92 Å². The maximum atomic E-state index is 11.7. The van der Waals surface area contributed by atoms with Gasteiger partial charge in [-0.15, -0.1) is 0 Å². The number of ether oxygens (including phenoxy) is 1. The zero-order valence-corrected chi connectivity index (χ0v) is 9.37. The molecule has 0 bridgehead atoms. The van der Waals surface area contributed by atoms with Gasteiger partial charge in [-0.25, -0.2) is 5.01 Å². The van der Waals surface area contributed by atoms with Gasteiger partial charge in [0, 0.05) is 19.0 Å². The maximum Gasteiger partial charge on any atom is 0.237 e. The first-order valence-corrected chi connectivity index (χ1v) is 5.57. The minimum absolute atomic E-state index is 0.0383. The van der Waals surface area contributed by atoms with E-state index in [4.69, 9.17) is 10.5 Å². The molecule has 1 heterocycles. The van der Waals surface area contributed by atoms with Crippen molar-refractivity contribution in [2.75, 3.05) is 32.8 Å². The molecule has 1 aliphatic rings. The Morgan fingerprint density at radius 2 is 2.20 bits per heavy atom. The number of hydrazine groups is 1. The first kappa shape index (κ1) is 12.4. The highest BCUT2D eigenvalue weighted by Crippen LogP contribution is 2.05. The monoisotopic (exact) mass is 215 g/mol. The number of rotatable bonds is 5. The molecular weight excluding hydrogens is 194 g/mol. The van der Waals surface area contributed by atoms with E-state index < -0.39 is 0 Å². The normalized spacial score (nSPS) is 19.9. The first-order chi connectivity index (χ1) is 7.24. The first-order valence-electron chi connectivity index (χ1n) is 5.57. The van der Waals surface area contributed by atoms with Crippen molar-refractivity contribution in [3.63, 3.8) is 0 Å². The Labute approximate surface area is 90.9 Å². The van der Waals surface area contributed by atoms with E-state index in [1.54, 1.807) is 0 Å². The van der Waals surface area contributed by atoms with E-state index in [0.717, 1.165) is 25.9 Å². The van der Waals surface area contributed by atoms with Gasteiger partial charge >= 0.3 is 0 Å². The lowest BCUT2D eigenvalue weighted by Gasteiger charge is -2.28. The summed E-state index contributed by atoms with van der Waals surface area (Å²) in [5.74, 6) is 0.127. The Hall–Kier alpha value is -0.650. The summed E-state index contributed by atoms with van der Waals surface area (Å²) in [4.78, 5) is 11.7. The van der Waals surface area contributed by atoms with Crippen LogP contribution in [0.2, 0.25) is 0 Å². The van der Waals surface area contributed by atoms with Crippen LogP contribution in [0.15, 0.2) is 0 Å². The van der Waals surface area contributed by atoms with Crippen LogP contribution < -0.4 is 11.2 Å². The lowest BCUT2D eigenvalue weighted by Crippen LogP contribution is -2.49. The summed E-state index contributed by atoms with van der Waals surface area (Å²) in [7, 11) is 0. The van der Waals surface area contributed by atoms with Gasteiger partial charge in [-0.2, -0.15) is 0 Å². The predicted molar refractivity (Wildman–Crippen MR) is 58.0 cm³/mol. The van der Waals surface area contributed by atoms with Crippen molar-refractivity contribution in [3.05, 3.63) is 0 Å². The number of nitrogens with two attached hydrogens (primary N) is 1. The lowest BCUT2D eigenvalue weighted by atomic mass is 10.1. The summed E-state index contributed by atoms with van der Waals surface area (Å²) in [6, 6.07) is 0. The third kappa shape index (κ3) is 4.59. The largest absolute Gasteiger partial charge is 0.379 e. The van der Waals surface area contributed by atoms with Gasteiger partial charge in [-0.3, -0.25) is 10.2 Å². The van der Waals surface area contributed by atoms with Crippen molar-refractivity contribution in [1.29, 1.82) is 0 Å². The second-order valence-electron chi connectivity index (χ2n) is 3.91. The molecule has 1 fully saturated rings. The van der Waals surface area contributed by atoms with E-state index in [-0.39, 0.29) is 11.8 Å². The highest BCUT2D eigenvalue weighted by Gasteiger charge is 2.17. The molecule has 1 atom stereocenters. The molecular formula is C10H21N3O2. The highest BCUT2D eigenvalue weighted by atomic mass is 16.5. The zero-order valence-electron chi connectivity index (χ0n) is 9.37. The Balaban J connectivity index is 2.20. The third-order valence-corrected chi connectivity index (χ3v) is 2.57. The topological polar surface area (TPSA) is 67.6 Å². The molecule has 1 amide bonds. The summed E-state index contributed by atoms with van der Waals surface area (Å²) in [5, 5.41) is 1.92. The van der Waals surface area contributed by atoms with E-state index in [2.05, 4.69) is 5.43 Å². The van der Waals surface area contributed by atoms with E-state index in [1.165, 1.54) is 0 Å². The Kier molecular flexibility index (Phi) is 5.60.